The summed E-state index contributed by atoms with van der Waals surface area (Å²) < 4.78 is 38.3. The molecule has 186 valence electrons. The number of fused-ring (bicyclic) bond motifs is 1. The van der Waals surface area contributed by atoms with Gasteiger partial charge >= 0.3 is 5.97 Å². The summed E-state index contributed by atoms with van der Waals surface area (Å²) in [5.74, 6) is -1.08. The molecule has 2 saturated heterocycles. The molecule has 11 heteroatoms. The SMILES string of the molecule is CCOC(=O)[C@H]1CCCN(C(=O)CN2C(=O)COc3ccc(S(=O)(=O)N4CCCCC4)cc32)C1. The van der Waals surface area contributed by atoms with Crippen molar-refractivity contribution in [2.24, 2.45) is 5.92 Å². The van der Waals surface area contributed by atoms with Gasteiger partial charge in [-0.05, 0) is 50.8 Å². The molecular formula is C23H31N3O7S. The van der Waals surface area contributed by atoms with Crippen molar-refractivity contribution in [2.75, 3.05) is 50.8 Å². The van der Waals surface area contributed by atoms with Crippen LogP contribution in [0.25, 0.3) is 0 Å². The van der Waals surface area contributed by atoms with Gasteiger partial charge in [0.1, 0.15) is 12.3 Å². The number of esters is 1. The number of benzene rings is 1. The fraction of sp³-hybridized carbons (Fsp3) is 0.609. The lowest BCUT2D eigenvalue weighted by atomic mass is 9.98. The first kappa shape index (κ1) is 24.5. The van der Waals surface area contributed by atoms with Crippen LogP contribution < -0.4 is 9.64 Å². The van der Waals surface area contributed by atoms with E-state index in [4.69, 9.17) is 9.47 Å². The van der Waals surface area contributed by atoms with Gasteiger partial charge < -0.3 is 14.4 Å². The second-order valence-electron chi connectivity index (χ2n) is 8.79. The Labute approximate surface area is 199 Å². The van der Waals surface area contributed by atoms with Crippen molar-refractivity contribution in [3.05, 3.63) is 18.2 Å². The van der Waals surface area contributed by atoms with E-state index < -0.39 is 15.9 Å². The average Bonchev–Trinajstić information content (AvgIpc) is 2.86. The lowest BCUT2D eigenvalue weighted by molar-refractivity contribution is -0.151. The highest BCUT2D eigenvalue weighted by Crippen LogP contribution is 2.35. The molecule has 3 aliphatic rings. The van der Waals surface area contributed by atoms with Crippen molar-refractivity contribution in [3.63, 3.8) is 0 Å². The van der Waals surface area contributed by atoms with Crippen LogP contribution in [0.1, 0.15) is 39.0 Å². The molecule has 1 aromatic rings. The molecule has 4 rings (SSSR count). The normalized spacial score (nSPS) is 21.6. The Morgan fingerprint density at radius 3 is 2.62 bits per heavy atom. The van der Waals surface area contributed by atoms with Crippen LogP contribution in [0.4, 0.5) is 5.69 Å². The summed E-state index contributed by atoms with van der Waals surface area (Å²) in [5.41, 5.74) is 0.265. The van der Waals surface area contributed by atoms with E-state index in [1.807, 2.05) is 0 Å². The third-order valence-electron chi connectivity index (χ3n) is 6.51. The number of ether oxygens (including phenoxy) is 2. The molecule has 3 heterocycles. The van der Waals surface area contributed by atoms with Crippen molar-refractivity contribution in [1.29, 1.82) is 0 Å². The minimum atomic E-state index is -3.71. The first-order valence-corrected chi connectivity index (χ1v) is 13.3. The van der Waals surface area contributed by atoms with E-state index in [9.17, 15) is 22.8 Å². The van der Waals surface area contributed by atoms with E-state index >= 15 is 0 Å². The van der Waals surface area contributed by atoms with Crippen molar-refractivity contribution in [1.82, 2.24) is 9.21 Å². The zero-order valence-electron chi connectivity index (χ0n) is 19.4. The molecule has 0 aliphatic carbocycles. The highest BCUT2D eigenvalue weighted by Gasteiger charge is 2.34. The number of sulfonamides is 1. The minimum Gasteiger partial charge on any atom is -0.482 e. The van der Waals surface area contributed by atoms with Crippen molar-refractivity contribution in [3.8, 4) is 5.75 Å². The molecule has 0 bridgehead atoms. The van der Waals surface area contributed by atoms with Crippen LogP contribution in [-0.4, -0.2) is 81.3 Å². The smallest absolute Gasteiger partial charge is 0.310 e. The topological polar surface area (TPSA) is 114 Å². The maximum Gasteiger partial charge on any atom is 0.310 e. The number of likely N-dealkylation sites (tertiary alicyclic amines) is 1. The Bertz CT molecular complexity index is 1050. The molecule has 34 heavy (non-hydrogen) atoms. The summed E-state index contributed by atoms with van der Waals surface area (Å²) in [6, 6.07) is 4.43. The fourth-order valence-corrected chi connectivity index (χ4v) is 6.20. The van der Waals surface area contributed by atoms with Crippen molar-refractivity contribution < 1.29 is 32.3 Å². The van der Waals surface area contributed by atoms with Crippen LogP contribution >= 0.6 is 0 Å². The Morgan fingerprint density at radius 2 is 1.88 bits per heavy atom. The van der Waals surface area contributed by atoms with Gasteiger partial charge in [-0.3, -0.25) is 19.3 Å². The van der Waals surface area contributed by atoms with Gasteiger partial charge in [0, 0.05) is 26.2 Å². The predicted octanol–water partition coefficient (Wildman–Crippen LogP) is 1.39. The molecule has 0 unspecified atom stereocenters. The number of piperidine rings is 2. The standard InChI is InChI=1S/C23H31N3O7S/c1-2-32-23(29)17-7-6-10-24(14-17)21(27)15-26-19-13-18(8-9-20(19)33-16-22(26)28)34(30,31)25-11-4-3-5-12-25/h8-9,13,17H,2-7,10-12,14-16H2,1H3/t17-/m0/s1. The monoisotopic (exact) mass is 493 g/mol. The van der Waals surface area contributed by atoms with Gasteiger partial charge in [-0.2, -0.15) is 4.31 Å². The van der Waals surface area contributed by atoms with Gasteiger partial charge in [0.2, 0.25) is 15.9 Å². The molecule has 2 fully saturated rings. The minimum absolute atomic E-state index is 0.0734. The second kappa shape index (κ2) is 10.3. The average molecular weight is 494 g/mol. The number of nitrogens with zero attached hydrogens (tertiary/aromatic N) is 3. The van der Waals surface area contributed by atoms with E-state index in [-0.39, 0.29) is 54.7 Å². The molecule has 0 aromatic heterocycles. The van der Waals surface area contributed by atoms with Gasteiger partial charge in [-0.25, -0.2) is 8.42 Å². The second-order valence-corrected chi connectivity index (χ2v) is 10.7. The van der Waals surface area contributed by atoms with Crippen LogP contribution in [0.2, 0.25) is 0 Å². The van der Waals surface area contributed by atoms with E-state index in [0.29, 0.717) is 38.2 Å². The van der Waals surface area contributed by atoms with Crippen molar-refractivity contribution >= 4 is 33.5 Å². The molecule has 0 N–H and O–H groups in total. The molecule has 0 radical (unpaired) electrons. The number of rotatable bonds is 6. The van der Waals surface area contributed by atoms with Crippen molar-refractivity contribution in [2.45, 2.75) is 43.9 Å². The quantitative estimate of drug-likeness (QED) is 0.550. The summed E-state index contributed by atoms with van der Waals surface area (Å²) >= 11 is 0. The van der Waals surface area contributed by atoms with Crippen LogP contribution in [0, 0.1) is 5.92 Å². The van der Waals surface area contributed by atoms with Gasteiger partial charge in [0.05, 0.1) is 23.1 Å². The summed E-state index contributed by atoms with van der Waals surface area (Å²) in [6.07, 6.45) is 3.95. The molecule has 10 nitrogen and oxygen atoms in total. The Kier molecular flexibility index (Phi) is 7.42. The maximum atomic E-state index is 13.1. The fourth-order valence-electron chi connectivity index (χ4n) is 4.66. The zero-order chi connectivity index (χ0) is 24.3. The lowest BCUT2D eigenvalue weighted by Crippen LogP contribution is -2.49. The summed E-state index contributed by atoms with van der Waals surface area (Å²) in [7, 11) is -3.71. The third kappa shape index (κ3) is 5.05. The summed E-state index contributed by atoms with van der Waals surface area (Å²) in [4.78, 5) is 40.8. The maximum absolute atomic E-state index is 13.1. The van der Waals surface area contributed by atoms with Gasteiger partial charge in [0.25, 0.3) is 5.91 Å². The Balaban J connectivity index is 1.53. The van der Waals surface area contributed by atoms with Crippen LogP contribution in [0.3, 0.4) is 0 Å². The molecule has 2 amide bonds. The summed E-state index contributed by atoms with van der Waals surface area (Å²) in [6.45, 7) is 3.20. The lowest BCUT2D eigenvalue weighted by Gasteiger charge is -2.35. The van der Waals surface area contributed by atoms with Gasteiger partial charge in [0.15, 0.2) is 6.61 Å². The van der Waals surface area contributed by atoms with Crippen LogP contribution in [0.5, 0.6) is 5.75 Å². The Hall–Kier alpha value is -2.66. The van der Waals surface area contributed by atoms with E-state index in [1.54, 1.807) is 11.8 Å². The van der Waals surface area contributed by atoms with E-state index in [2.05, 4.69) is 0 Å². The van der Waals surface area contributed by atoms with Gasteiger partial charge in [-0.1, -0.05) is 6.42 Å². The molecule has 1 atom stereocenters. The highest BCUT2D eigenvalue weighted by atomic mass is 32.2. The first-order chi connectivity index (χ1) is 16.3. The molecular weight excluding hydrogens is 462 g/mol. The number of carbonyl (C=O) groups excluding carboxylic acids is 3. The number of amides is 2. The number of hydrogen-bond acceptors (Lipinski definition) is 7. The molecule has 1 aromatic carbocycles. The number of anilines is 1. The van der Waals surface area contributed by atoms with E-state index in [1.165, 1.54) is 27.4 Å². The molecule has 0 spiro atoms. The summed E-state index contributed by atoms with van der Waals surface area (Å²) in [5, 5.41) is 0. The highest BCUT2D eigenvalue weighted by molar-refractivity contribution is 7.89. The molecule has 3 aliphatic heterocycles. The van der Waals surface area contributed by atoms with Gasteiger partial charge in [-0.15, -0.1) is 0 Å². The predicted molar refractivity (Wildman–Crippen MR) is 123 cm³/mol. The number of carbonyl (C=O) groups is 3. The van der Waals surface area contributed by atoms with Crippen LogP contribution in [-0.2, 0) is 29.1 Å². The largest absolute Gasteiger partial charge is 0.482 e. The van der Waals surface area contributed by atoms with Crippen LogP contribution in [0.15, 0.2) is 23.1 Å². The third-order valence-corrected chi connectivity index (χ3v) is 8.41. The molecule has 0 saturated carbocycles. The van der Waals surface area contributed by atoms with E-state index in [0.717, 1.165) is 19.3 Å². The Morgan fingerprint density at radius 1 is 1.12 bits per heavy atom. The number of hydrogen-bond donors (Lipinski definition) is 0. The zero-order valence-corrected chi connectivity index (χ0v) is 20.2. The first-order valence-electron chi connectivity index (χ1n) is 11.8.